The first kappa shape index (κ1) is 24.6. The summed E-state index contributed by atoms with van der Waals surface area (Å²) in [6, 6.07) is 9.67. The van der Waals surface area contributed by atoms with Gasteiger partial charge in [-0.3, -0.25) is 0 Å². The van der Waals surface area contributed by atoms with Gasteiger partial charge in [0.15, 0.2) is 11.6 Å². The molecule has 0 radical (unpaired) electrons. The Bertz CT molecular complexity index is 1360. The van der Waals surface area contributed by atoms with Crippen LogP contribution >= 0.6 is 0 Å². The standard InChI is InChI=1S/C25H26F3N5O2/c1-15(2)33-23(24(4,35)19-6-5-7-20(11-19)25(26,27)28)30-22(31-33)17-8-9-21(18(10-17)13-34)32-12-16(3)29-14-32/h5-12,14-15,34-35H,13H2,1-4H3. The number of benzene rings is 2. The molecule has 0 saturated heterocycles. The lowest BCUT2D eigenvalue weighted by Gasteiger charge is -2.25. The van der Waals surface area contributed by atoms with Crippen molar-refractivity contribution < 1.29 is 23.4 Å². The second-order valence-corrected chi connectivity index (χ2v) is 8.87. The molecule has 0 fully saturated rings. The Morgan fingerprint density at radius 1 is 1.06 bits per heavy atom. The van der Waals surface area contributed by atoms with Crippen LogP contribution < -0.4 is 0 Å². The van der Waals surface area contributed by atoms with E-state index in [-0.39, 0.29) is 29.9 Å². The van der Waals surface area contributed by atoms with Crippen LogP contribution in [0.4, 0.5) is 13.2 Å². The lowest BCUT2D eigenvalue weighted by Crippen LogP contribution is -2.29. The maximum Gasteiger partial charge on any atom is 0.416 e. The Labute approximate surface area is 200 Å². The van der Waals surface area contributed by atoms with E-state index in [9.17, 15) is 23.4 Å². The molecule has 2 aromatic carbocycles. The summed E-state index contributed by atoms with van der Waals surface area (Å²) in [5.41, 5.74) is 0.138. The van der Waals surface area contributed by atoms with Crippen LogP contribution in [-0.4, -0.2) is 34.5 Å². The van der Waals surface area contributed by atoms with Crippen molar-refractivity contribution >= 4 is 0 Å². The Morgan fingerprint density at radius 2 is 1.77 bits per heavy atom. The number of hydrogen-bond donors (Lipinski definition) is 2. The molecule has 2 N–H and O–H groups in total. The Morgan fingerprint density at radius 3 is 2.37 bits per heavy atom. The Hall–Kier alpha value is -3.50. The van der Waals surface area contributed by atoms with Crippen molar-refractivity contribution in [2.45, 2.75) is 52.1 Å². The molecule has 0 aliphatic heterocycles. The Kier molecular flexibility index (Phi) is 6.29. The van der Waals surface area contributed by atoms with Gasteiger partial charge in [-0.25, -0.2) is 14.6 Å². The molecule has 0 spiro atoms. The topological polar surface area (TPSA) is 89.0 Å². The second-order valence-electron chi connectivity index (χ2n) is 8.87. The van der Waals surface area contributed by atoms with Gasteiger partial charge in [-0.1, -0.05) is 12.1 Å². The van der Waals surface area contributed by atoms with E-state index in [1.165, 1.54) is 23.7 Å². The number of hydrogen-bond acceptors (Lipinski definition) is 5. The first-order valence-electron chi connectivity index (χ1n) is 11.0. The van der Waals surface area contributed by atoms with Crippen LogP contribution in [0.15, 0.2) is 55.0 Å². The van der Waals surface area contributed by atoms with Gasteiger partial charge >= 0.3 is 6.18 Å². The van der Waals surface area contributed by atoms with Crippen molar-refractivity contribution in [1.82, 2.24) is 24.3 Å². The second kappa shape index (κ2) is 8.94. The van der Waals surface area contributed by atoms with E-state index in [0.29, 0.717) is 11.1 Å². The quantitative estimate of drug-likeness (QED) is 0.410. The maximum atomic E-state index is 13.3. The van der Waals surface area contributed by atoms with Crippen LogP contribution in [0.5, 0.6) is 0 Å². The minimum Gasteiger partial charge on any atom is -0.392 e. The molecule has 4 aromatic rings. The summed E-state index contributed by atoms with van der Waals surface area (Å²) >= 11 is 0. The summed E-state index contributed by atoms with van der Waals surface area (Å²) in [7, 11) is 0. The van der Waals surface area contributed by atoms with Crippen LogP contribution in [0, 0.1) is 6.92 Å². The molecule has 35 heavy (non-hydrogen) atoms. The van der Waals surface area contributed by atoms with Crippen LogP contribution in [0.25, 0.3) is 17.1 Å². The predicted octanol–water partition coefficient (Wildman–Crippen LogP) is 4.79. The fourth-order valence-corrected chi connectivity index (χ4v) is 3.92. The predicted molar refractivity (Wildman–Crippen MR) is 124 cm³/mol. The van der Waals surface area contributed by atoms with E-state index in [1.54, 1.807) is 23.0 Å². The van der Waals surface area contributed by atoms with Crippen LogP contribution in [0.1, 0.15) is 55.0 Å². The zero-order valence-electron chi connectivity index (χ0n) is 19.7. The van der Waals surface area contributed by atoms with Gasteiger partial charge in [0.1, 0.15) is 5.60 Å². The smallest absolute Gasteiger partial charge is 0.392 e. The normalized spacial score (nSPS) is 13.9. The van der Waals surface area contributed by atoms with E-state index >= 15 is 0 Å². The molecule has 1 atom stereocenters. The van der Waals surface area contributed by atoms with Gasteiger partial charge in [0, 0.05) is 23.4 Å². The number of aromatic nitrogens is 5. The number of aliphatic hydroxyl groups excluding tert-OH is 1. The SMILES string of the molecule is Cc1cn(-c2ccc(-c3nc(C(C)(O)c4cccc(C(F)(F)F)c4)n(C(C)C)n3)cc2CO)cn1. The highest BCUT2D eigenvalue weighted by atomic mass is 19.4. The molecule has 0 saturated carbocycles. The molecule has 0 amide bonds. The van der Waals surface area contributed by atoms with E-state index in [0.717, 1.165) is 23.5 Å². The molecule has 0 aliphatic carbocycles. The van der Waals surface area contributed by atoms with Crippen molar-refractivity contribution in [2.24, 2.45) is 0 Å². The average Bonchev–Trinajstić information content (AvgIpc) is 3.45. The van der Waals surface area contributed by atoms with Gasteiger partial charge in [-0.15, -0.1) is 0 Å². The average molecular weight is 486 g/mol. The molecule has 2 heterocycles. The molecule has 2 aromatic heterocycles. The summed E-state index contributed by atoms with van der Waals surface area (Å²) < 4.78 is 43.1. The highest BCUT2D eigenvalue weighted by Gasteiger charge is 2.37. The minimum absolute atomic E-state index is 0.0510. The number of halogens is 3. The summed E-state index contributed by atoms with van der Waals surface area (Å²) in [6.07, 6.45) is -1.05. The number of aliphatic hydroxyl groups is 2. The van der Waals surface area contributed by atoms with Crippen molar-refractivity contribution in [3.8, 4) is 17.1 Å². The minimum atomic E-state index is -4.54. The van der Waals surface area contributed by atoms with Gasteiger partial charge in [-0.2, -0.15) is 18.3 Å². The first-order chi connectivity index (χ1) is 16.4. The maximum absolute atomic E-state index is 13.3. The lowest BCUT2D eigenvalue weighted by molar-refractivity contribution is -0.137. The summed E-state index contributed by atoms with van der Waals surface area (Å²) in [5.74, 6) is 0.394. The van der Waals surface area contributed by atoms with E-state index < -0.39 is 17.3 Å². The van der Waals surface area contributed by atoms with Crippen molar-refractivity contribution in [1.29, 1.82) is 0 Å². The third kappa shape index (κ3) is 4.71. The fourth-order valence-electron chi connectivity index (χ4n) is 3.92. The molecular formula is C25H26F3N5O2. The highest BCUT2D eigenvalue weighted by Crippen LogP contribution is 2.36. The molecule has 4 rings (SSSR count). The third-order valence-corrected chi connectivity index (χ3v) is 5.81. The molecule has 0 aliphatic rings. The van der Waals surface area contributed by atoms with Crippen LogP contribution in [-0.2, 0) is 18.4 Å². The molecule has 184 valence electrons. The number of aryl methyl sites for hydroxylation is 1. The van der Waals surface area contributed by atoms with Crippen molar-refractivity contribution in [2.75, 3.05) is 0 Å². The first-order valence-corrected chi connectivity index (χ1v) is 11.0. The summed E-state index contributed by atoms with van der Waals surface area (Å²) in [5, 5.41) is 25.9. The van der Waals surface area contributed by atoms with Gasteiger partial charge in [0.05, 0.1) is 29.9 Å². The molecule has 7 nitrogen and oxygen atoms in total. The monoisotopic (exact) mass is 485 g/mol. The lowest BCUT2D eigenvalue weighted by atomic mass is 9.93. The molecular weight excluding hydrogens is 459 g/mol. The number of alkyl halides is 3. The van der Waals surface area contributed by atoms with Gasteiger partial charge in [0.2, 0.25) is 0 Å². The summed E-state index contributed by atoms with van der Waals surface area (Å²) in [4.78, 5) is 8.76. The van der Waals surface area contributed by atoms with Gasteiger partial charge in [-0.05, 0) is 63.6 Å². The van der Waals surface area contributed by atoms with E-state index in [4.69, 9.17) is 0 Å². The van der Waals surface area contributed by atoms with Crippen molar-refractivity contribution in [3.63, 3.8) is 0 Å². The van der Waals surface area contributed by atoms with Crippen molar-refractivity contribution in [3.05, 3.63) is 83.2 Å². The number of imidazole rings is 1. The molecule has 0 bridgehead atoms. The van der Waals surface area contributed by atoms with Crippen LogP contribution in [0.2, 0.25) is 0 Å². The zero-order valence-corrected chi connectivity index (χ0v) is 19.7. The number of rotatable bonds is 6. The highest BCUT2D eigenvalue weighted by molar-refractivity contribution is 5.60. The largest absolute Gasteiger partial charge is 0.416 e. The van der Waals surface area contributed by atoms with Gasteiger partial charge < -0.3 is 14.8 Å². The third-order valence-electron chi connectivity index (χ3n) is 5.81. The fraction of sp³-hybridized carbons (Fsp3) is 0.320. The van der Waals surface area contributed by atoms with Crippen LogP contribution in [0.3, 0.4) is 0 Å². The molecule has 10 heteroatoms. The van der Waals surface area contributed by atoms with E-state index in [2.05, 4.69) is 15.1 Å². The Balaban J connectivity index is 1.80. The summed E-state index contributed by atoms with van der Waals surface area (Å²) in [6.45, 7) is 6.71. The van der Waals surface area contributed by atoms with Gasteiger partial charge in [0.25, 0.3) is 0 Å². The molecule has 1 unspecified atom stereocenters. The zero-order chi connectivity index (χ0) is 25.5. The van der Waals surface area contributed by atoms with E-state index in [1.807, 2.05) is 33.0 Å². The number of nitrogens with zero attached hydrogens (tertiary/aromatic N) is 5.